The van der Waals surface area contributed by atoms with E-state index in [0.717, 1.165) is 25.8 Å². The molecule has 1 fully saturated rings. The first kappa shape index (κ1) is 17.4. The van der Waals surface area contributed by atoms with Crippen LogP contribution in [-0.4, -0.2) is 30.7 Å². The number of nitrogens with two attached hydrogens (primary N) is 1. The third kappa shape index (κ3) is 5.41. The zero-order valence-corrected chi connectivity index (χ0v) is 13.6. The van der Waals surface area contributed by atoms with Crippen molar-refractivity contribution in [1.82, 2.24) is 5.32 Å². The number of hydrogen-bond acceptors (Lipinski definition) is 3. The van der Waals surface area contributed by atoms with Crippen molar-refractivity contribution in [2.75, 3.05) is 13.2 Å². The molecule has 20 heavy (non-hydrogen) atoms. The summed E-state index contributed by atoms with van der Waals surface area (Å²) in [6.07, 6.45) is 6.68. The van der Waals surface area contributed by atoms with Crippen LogP contribution < -0.4 is 11.1 Å². The van der Waals surface area contributed by atoms with Gasteiger partial charge in [-0.3, -0.25) is 4.79 Å². The summed E-state index contributed by atoms with van der Waals surface area (Å²) in [6, 6.07) is 0. The minimum absolute atomic E-state index is 0.292. The van der Waals surface area contributed by atoms with Crippen LogP contribution in [0.1, 0.15) is 66.2 Å². The molecule has 0 aromatic carbocycles. The van der Waals surface area contributed by atoms with Crippen molar-refractivity contribution in [3.63, 3.8) is 0 Å². The molecular weight excluding hydrogens is 252 g/mol. The van der Waals surface area contributed by atoms with Gasteiger partial charge in [-0.25, -0.2) is 0 Å². The molecule has 1 saturated carbocycles. The van der Waals surface area contributed by atoms with Gasteiger partial charge in [0.15, 0.2) is 0 Å². The van der Waals surface area contributed by atoms with E-state index < -0.39 is 5.54 Å². The van der Waals surface area contributed by atoms with E-state index in [0.29, 0.717) is 24.5 Å². The fourth-order valence-electron chi connectivity index (χ4n) is 2.67. The van der Waals surface area contributed by atoms with Crippen LogP contribution in [0.2, 0.25) is 0 Å². The smallest absolute Gasteiger partial charge is 0.237 e. The number of ether oxygens (including phenoxy) is 1. The summed E-state index contributed by atoms with van der Waals surface area (Å²) in [4.78, 5) is 11.6. The molecule has 1 unspecified atom stereocenters. The second kappa shape index (κ2) is 7.41. The summed E-state index contributed by atoms with van der Waals surface area (Å²) in [7, 11) is 0. The summed E-state index contributed by atoms with van der Waals surface area (Å²) >= 11 is 0. The Bertz CT molecular complexity index is 308. The van der Waals surface area contributed by atoms with Gasteiger partial charge in [-0.2, -0.15) is 0 Å². The third-order valence-electron chi connectivity index (χ3n) is 4.55. The van der Waals surface area contributed by atoms with E-state index in [-0.39, 0.29) is 5.91 Å². The molecule has 0 aromatic heterocycles. The maximum absolute atomic E-state index is 11.6. The Morgan fingerprint density at radius 2 is 2.00 bits per heavy atom. The molecule has 0 spiro atoms. The van der Waals surface area contributed by atoms with Gasteiger partial charge >= 0.3 is 0 Å². The van der Waals surface area contributed by atoms with Gasteiger partial charge in [-0.05, 0) is 57.4 Å². The Balaban J connectivity index is 2.32. The number of rotatable bonds is 8. The highest BCUT2D eigenvalue weighted by Gasteiger charge is 2.31. The van der Waals surface area contributed by atoms with Crippen LogP contribution in [0.25, 0.3) is 0 Å². The molecule has 1 aliphatic rings. The molecule has 0 bridgehead atoms. The van der Waals surface area contributed by atoms with Gasteiger partial charge in [0, 0.05) is 6.61 Å². The van der Waals surface area contributed by atoms with Crippen LogP contribution in [0.5, 0.6) is 0 Å². The summed E-state index contributed by atoms with van der Waals surface area (Å²) < 4.78 is 5.95. The number of carbonyl (C=O) groups excluding carboxylic acids is 1. The van der Waals surface area contributed by atoms with Gasteiger partial charge in [0.1, 0.15) is 0 Å². The van der Waals surface area contributed by atoms with E-state index in [1.54, 1.807) is 0 Å². The molecule has 4 nitrogen and oxygen atoms in total. The van der Waals surface area contributed by atoms with Crippen molar-refractivity contribution in [2.45, 2.75) is 77.9 Å². The van der Waals surface area contributed by atoms with Crippen LogP contribution in [-0.2, 0) is 9.53 Å². The number of carbonyl (C=O) groups is 1. The molecule has 0 aliphatic heterocycles. The van der Waals surface area contributed by atoms with Crippen molar-refractivity contribution < 1.29 is 9.53 Å². The highest BCUT2D eigenvalue weighted by Crippen LogP contribution is 2.36. The van der Waals surface area contributed by atoms with Crippen LogP contribution in [0, 0.1) is 5.41 Å². The highest BCUT2D eigenvalue weighted by molar-refractivity contribution is 5.84. The molecule has 0 radical (unpaired) electrons. The van der Waals surface area contributed by atoms with Gasteiger partial charge in [0.05, 0.1) is 11.6 Å². The third-order valence-corrected chi connectivity index (χ3v) is 4.55. The van der Waals surface area contributed by atoms with Gasteiger partial charge < -0.3 is 15.8 Å². The van der Waals surface area contributed by atoms with Crippen molar-refractivity contribution in [3.8, 4) is 0 Å². The summed E-state index contributed by atoms with van der Waals surface area (Å²) in [6.45, 7) is 10.00. The largest absolute Gasteiger partial charge is 0.378 e. The normalized spacial score (nSPS) is 22.4. The lowest BCUT2D eigenvalue weighted by atomic mass is 9.76. The lowest BCUT2D eigenvalue weighted by molar-refractivity contribution is -0.125. The van der Waals surface area contributed by atoms with Gasteiger partial charge in [-0.1, -0.05) is 20.8 Å². The Morgan fingerprint density at radius 3 is 2.50 bits per heavy atom. The summed E-state index contributed by atoms with van der Waals surface area (Å²) in [5, 5.41) is 3.24. The predicted molar refractivity (Wildman–Crippen MR) is 82.5 cm³/mol. The maximum Gasteiger partial charge on any atom is 0.237 e. The number of hydrogen-bond donors (Lipinski definition) is 2. The molecule has 1 aliphatic carbocycles. The van der Waals surface area contributed by atoms with Crippen LogP contribution in [0.15, 0.2) is 0 Å². The van der Waals surface area contributed by atoms with E-state index in [4.69, 9.17) is 10.5 Å². The zero-order valence-electron chi connectivity index (χ0n) is 13.6. The van der Waals surface area contributed by atoms with Crippen LogP contribution in [0.3, 0.4) is 0 Å². The van der Waals surface area contributed by atoms with Crippen molar-refractivity contribution in [2.24, 2.45) is 11.1 Å². The van der Waals surface area contributed by atoms with Gasteiger partial charge in [-0.15, -0.1) is 0 Å². The van der Waals surface area contributed by atoms with E-state index >= 15 is 0 Å². The zero-order chi connectivity index (χ0) is 15.2. The maximum atomic E-state index is 11.6. The van der Waals surface area contributed by atoms with Crippen molar-refractivity contribution in [1.29, 1.82) is 0 Å². The van der Waals surface area contributed by atoms with E-state index in [1.807, 2.05) is 6.92 Å². The van der Waals surface area contributed by atoms with E-state index in [9.17, 15) is 4.79 Å². The molecule has 3 N–H and O–H groups in total. The monoisotopic (exact) mass is 284 g/mol. The van der Waals surface area contributed by atoms with Gasteiger partial charge in [0.25, 0.3) is 0 Å². The molecule has 1 rings (SSSR count). The Hall–Kier alpha value is -0.610. The molecule has 0 aromatic rings. The molecule has 0 saturated heterocycles. The SMILES string of the molecule is CCCNC(C)(CCOC1CCC(C)(C)CC1)C(N)=O. The Labute approximate surface area is 123 Å². The topological polar surface area (TPSA) is 64.3 Å². The fourth-order valence-corrected chi connectivity index (χ4v) is 2.67. The standard InChI is InChI=1S/C16H32N2O2/c1-5-11-18-16(4,14(17)19)10-12-20-13-6-8-15(2,3)9-7-13/h13,18H,5-12H2,1-4H3,(H2,17,19). The number of nitrogens with one attached hydrogen (secondary N) is 1. The number of primary amides is 1. The molecule has 4 heteroatoms. The van der Waals surface area contributed by atoms with Crippen molar-refractivity contribution in [3.05, 3.63) is 0 Å². The number of amides is 1. The average molecular weight is 284 g/mol. The summed E-state index contributed by atoms with van der Waals surface area (Å²) in [5.74, 6) is -0.292. The Kier molecular flexibility index (Phi) is 6.46. The fraction of sp³-hybridized carbons (Fsp3) is 0.938. The van der Waals surface area contributed by atoms with Crippen LogP contribution >= 0.6 is 0 Å². The molecular formula is C16H32N2O2. The minimum Gasteiger partial charge on any atom is -0.378 e. The van der Waals surface area contributed by atoms with E-state index in [1.165, 1.54) is 12.8 Å². The lowest BCUT2D eigenvalue weighted by Gasteiger charge is -2.35. The summed E-state index contributed by atoms with van der Waals surface area (Å²) in [5.41, 5.74) is 5.32. The predicted octanol–water partition coefficient (Wildman–Crippen LogP) is 2.61. The molecule has 1 amide bonds. The first-order valence-electron chi connectivity index (χ1n) is 7.95. The first-order chi connectivity index (χ1) is 9.29. The lowest BCUT2D eigenvalue weighted by Crippen LogP contribution is -2.54. The first-order valence-corrected chi connectivity index (χ1v) is 7.95. The van der Waals surface area contributed by atoms with E-state index in [2.05, 4.69) is 26.1 Å². The minimum atomic E-state index is -0.649. The van der Waals surface area contributed by atoms with Gasteiger partial charge in [0.2, 0.25) is 5.91 Å². The molecule has 118 valence electrons. The van der Waals surface area contributed by atoms with Crippen LogP contribution in [0.4, 0.5) is 0 Å². The Morgan fingerprint density at radius 1 is 1.40 bits per heavy atom. The quantitative estimate of drug-likeness (QED) is 0.720. The average Bonchev–Trinajstić information content (AvgIpc) is 2.38. The molecule has 1 atom stereocenters. The molecule has 0 heterocycles. The second-order valence-electron chi connectivity index (χ2n) is 7.11. The highest BCUT2D eigenvalue weighted by atomic mass is 16.5. The second-order valence-corrected chi connectivity index (χ2v) is 7.11. The van der Waals surface area contributed by atoms with Crippen molar-refractivity contribution >= 4 is 5.91 Å².